The van der Waals surface area contributed by atoms with E-state index >= 15 is 0 Å². The minimum absolute atomic E-state index is 0.168. The van der Waals surface area contributed by atoms with Crippen LogP contribution in [0.1, 0.15) is 32.6 Å². The van der Waals surface area contributed by atoms with Crippen LogP contribution in [0.4, 0.5) is 0 Å². The van der Waals surface area contributed by atoms with E-state index in [0.29, 0.717) is 13.0 Å². The number of hydrogen-bond donors (Lipinski definition) is 0. The third-order valence-corrected chi connectivity index (χ3v) is 12.6. The van der Waals surface area contributed by atoms with Crippen LogP contribution in [0.5, 0.6) is 0 Å². The molecule has 0 radical (unpaired) electrons. The molecule has 65 heavy (non-hydrogen) atoms. The van der Waals surface area contributed by atoms with Gasteiger partial charge in [-0.05, 0) is 84.9 Å². The van der Waals surface area contributed by atoms with Crippen LogP contribution in [0.2, 0.25) is 0 Å². The average Bonchev–Trinajstić information content (AvgIpc) is 3.71. The molecule has 0 bridgehead atoms. The van der Waals surface area contributed by atoms with E-state index < -0.39 is 0 Å². The summed E-state index contributed by atoms with van der Waals surface area (Å²) in [7, 11) is 0. The van der Waals surface area contributed by atoms with Gasteiger partial charge in [0.15, 0.2) is 5.78 Å². The number of aromatic nitrogens is 1. The van der Waals surface area contributed by atoms with Crippen LogP contribution in [-0.4, -0.2) is 16.1 Å². The topological polar surface area (TPSA) is 34.4 Å². The number of rotatable bonds is 9. The highest BCUT2D eigenvalue weighted by Gasteiger charge is 2.17. The molecule has 308 valence electrons. The molecule has 3 heteroatoms. The van der Waals surface area contributed by atoms with Gasteiger partial charge in [-0.15, -0.1) is 0 Å². The zero-order valence-electron chi connectivity index (χ0n) is 35.8. The number of nitrogens with zero attached hydrogens (tertiary/aromatic N) is 2. The Morgan fingerprint density at radius 1 is 0.415 bits per heavy atom. The van der Waals surface area contributed by atoms with Crippen molar-refractivity contribution in [3.8, 4) is 16.8 Å². The van der Waals surface area contributed by atoms with E-state index in [-0.39, 0.29) is 5.78 Å². The van der Waals surface area contributed by atoms with Gasteiger partial charge in [-0.1, -0.05) is 212 Å². The van der Waals surface area contributed by atoms with Gasteiger partial charge in [-0.3, -0.25) is 9.79 Å². The third-order valence-electron chi connectivity index (χ3n) is 12.6. The Balaban J connectivity index is 0.000000266. The SMILES string of the molecule is O=C(Cc1ccccc1)c1ccccc1.c1ccc(C(=NCc2ccc3ccc4c(-c5ccc6c(c5)c5ccccc5n6-c5ccccc5)ccc5ccc2c3c54)c2ccccc2)cc1. The fraction of sp³-hybridized carbons (Fsp3) is 0.0323. The average molecular weight is 833 g/mol. The van der Waals surface area contributed by atoms with E-state index in [9.17, 15) is 4.79 Å². The number of para-hydroxylation sites is 2. The van der Waals surface area contributed by atoms with Crippen LogP contribution in [0.3, 0.4) is 0 Å². The van der Waals surface area contributed by atoms with Crippen LogP contribution in [0.15, 0.2) is 248 Å². The molecule has 0 saturated carbocycles. The minimum atomic E-state index is 0.168. The van der Waals surface area contributed by atoms with Gasteiger partial charge < -0.3 is 4.57 Å². The summed E-state index contributed by atoms with van der Waals surface area (Å²) < 4.78 is 2.38. The minimum Gasteiger partial charge on any atom is -0.309 e. The summed E-state index contributed by atoms with van der Waals surface area (Å²) in [5.74, 6) is 0.168. The van der Waals surface area contributed by atoms with E-state index in [1.54, 1.807) is 0 Å². The summed E-state index contributed by atoms with van der Waals surface area (Å²) in [6, 6.07) is 84.9. The summed E-state index contributed by atoms with van der Waals surface area (Å²) in [5, 5.41) is 10.2. The first-order chi connectivity index (χ1) is 32.2. The van der Waals surface area contributed by atoms with Gasteiger partial charge >= 0.3 is 0 Å². The number of carbonyl (C=O) groups excluding carboxylic acids is 1. The predicted octanol–water partition coefficient (Wildman–Crippen LogP) is 15.5. The van der Waals surface area contributed by atoms with Crippen LogP contribution >= 0.6 is 0 Å². The quantitative estimate of drug-likeness (QED) is 0.0810. The van der Waals surface area contributed by atoms with E-state index in [2.05, 4.69) is 187 Å². The third kappa shape index (κ3) is 7.64. The lowest BCUT2D eigenvalue weighted by Gasteiger charge is -2.16. The lowest BCUT2D eigenvalue weighted by molar-refractivity contribution is 0.0993. The van der Waals surface area contributed by atoms with Crippen LogP contribution in [0.25, 0.3) is 70.9 Å². The summed E-state index contributed by atoms with van der Waals surface area (Å²) in [4.78, 5) is 17.1. The highest BCUT2D eigenvalue weighted by atomic mass is 16.1. The van der Waals surface area contributed by atoms with Crippen LogP contribution in [0, 0.1) is 0 Å². The van der Waals surface area contributed by atoms with E-state index in [1.165, 1.54) is 76.5 Å². The van der Waals surface area contributed by atoms with Gasteiger partial charge in [-0.2, -0.15) is 0 Å². The molecule has 0 aliphatic rings. The van der Waals surface area contributed by atoms with Crippen molar-refractivity contribution in [3.05, 3.63) is 270 Å². The Hall–Kier alpha value is -8.40. The Morgan fingerprint density at radius 3 is 1.62 bits per heavy atom. The van der Waals surface area contributed by atoms with Crippen molar-refractivity contribution in [2.24, 2.45) is 4.99 Å². The molecule has 11 aromatic carbocycles. The van der Waals surface area contributed by atoms with Gasteiger partial charge in [0, 0.05) is 39.6 Å². The number of Topliss-reactive ketones (excluding diaryl/α,β-unsaturated/α-hetero) is 1. The Kier molecular flexibility index (Phi) is 10.6. The summed E-state index contributed by atoms with van der Waals surface area (Å²) in [6.07, 6.45) is 0.477. The van der Waals surface area contributed by atoms with Crippen molar-refractivity contribution in [1.29, 1.82) is 0 Å². The van der Waals surface area contributed by atoms with Crippen molar-refractivity contribution in [2.75, 3.05) is 0 Å². The molecule has 0 aliphatic carbocycles. The van der Waals surface area contributed by atoms with Gasteiger partial charge in [0.1, 0.15) is 0 Å². The highest BCUT2D eigenvalue weighted by Crippen LogP contribution is 2.42. The number of aliphatic imine (C=N–C) groups is 1. The van der Waals surface area contributed by atoms with E-state index in [0.717, 1.165) is 28.0 Å². The number of carbonyl (C=O) groups is 1. The molecule has 12 aromatic rings. The van der Waals surface area contributed by atoms with E-state index in [4.69, 9.17) is 4.99 Å². The molecule has 1 heterocycles. The molecule has 0 saturated heterocycles. The van der Waals surface area contributed by atoms with Crippen molar-refractivity contribution in [3.63, 3.8) is 0 Å². The first-order valence-electron chi connectivity index (χ1n) is 22.2. The zero-order valence-corrected chi connectivity index (χ0v) is 35.8. The molecular weight excluding hydrogens is 789 g/mol. The molecule has 0 aliphatic heterocycles. The number of benzene rings is 11. The molecule has 1 aromatic heterocycles. The van der Waals surface area contributed by atoms with Crippen LogP contribution < -0.4 is 0 Å². The van der Waals surface area contributed by atoms with E-state index in [1.807, 2.05) is 60.7 Å². The van der Waals surface area contributed by atoms with Gasteiger partial charge in [0.05, 0.1) is 23.3 Å². The fourth-order valence-corrected chi connectivity index (χ4v) is 9.46. The maximum atomic E-state index is 11.8. The second kappa shape index (κ2) is 17.4. The molecular formula is C62H44N2O. The first kappa shape index (κ1) is 39.4. The number of hydrogen-bond acceptors (Lipinski definition) is 2. The molecule has 12 rings (SSSR count). The molecule has 0 fully saturated rings. The van der Waals surface area contributed by atoms with Crippen LogP contribution in [-0.2, 0) is 13.0 Å². The Labute approximate surface area is 378 Å². The maximum absolute atomic E-state index is 11.8. The van der Waals surface area contributed by atoms with Crippen molar-refractivity contribution >= 4 is 65.6 Å². The number of ketones is 1. The molecule has 0 atom stereocenters. The maximum Gasteiger partial charge on any atom is 0.167 e. The normalized spacial score (nSPS) is 11.3. The molecule has 0 amide bonds. The summed E-state index contributed by atoms with van der Waals surface area (Å²) >= 11 is 0. The monoisotopic (exact) mass is 832 g/mol. The lowest BCUT2D eigenvalue weighted by atomic mass is 9.88. The predicted molar refractivity (Wildman–Crippen MR) is 273 cm³/mol. The number of fused-ring (bicyclic) bond motifs is 3. The largest absolute Gasteiger partial charge is 0.309 e. The van der Waals surface area contributed by atoms with Gasteiger partial charge in [0.2, 0.25) is 0 Å². The van der Waals surface area contributed by atoms with Crippen molar-refractivity contribution in [2.45, 2.75) is 13.0 Å². The second-order valence-corrected chi connectivity index (χ2v) is 16.5. The first-order valence-corrected chi connectivity index (χ1v) is 22.2. The second-order valence-electron chi connectivity index (χ2n) is 16.5. The summed E-state index contributed by atoms with van der Waals surface area (Å²) in [5.41, 5.74) is 12.4. The van der Waals surface area contributed by atoms with Gasteiger partial charge in [0.25, 0.3) is 0 Å². The summed E-state index contributed by atoms with van der Waals surface area (Å²) in [6.45, 7) is 0.599. The molecule has 0 N–H and O–H groups in total. The Morgan fingerprint density at radius 2 is 0.938 bits per heavy atom. The Bertz CT molecular complexity index is 3590. The van der Waals surface area contributed by atoms with Crippen molar-refractivity contribution < 1.29 is 4.79 Å². The van der Waals surface area contributed by atoms with Gasteiger partial charge in [-0.25, -0.2) is 0 Å². The smallest absolute Gasteiger partial charge is 0.167 e. The molecule has 3 nitrogen and oxygen atoms in total. The lowest BCUT2D eigenvalue weighted by Crippen LogP contribution is -2.04. The standard InChI is InChI=1S/C48H32N2.C14H12O/c1-4-12-34(13-5-1)48(35-14-6-2-7-15-35)49-31-37-21-20-32-24-28-42-39(26-22-33-23-27-40(37)46(32)47(33)42)36-25-29-45-43(30-36)41-18-10-11-19-44(41)50(45)38-16-8-3-9-17-38;15-14(13-9-5-2-6-10-13)11-12-7-3-1-4-8-12/h1-30H,31H2;1-10H,11H2. The zero-order chi connectivity index (χ0) is 43.5. The van der Waals surface area contributed by atoms with Crippen molar-refractivity contribution in [1.82, 2.24) is 4.57 Å². The highest BCUT2D eigenvalue weighted by molar-refractivity contribution is 6.26. The molecule has 0 unspecified atom stereocenters. The fourth-order valence-electron chi connectivity index (χ4n) is 9.46. The molecule has 0 spiro atoms.